The zero-order valence-electron chi connectivity index (χ0n) is 10.6. The summed E-state index contributed by atoms with van der Waals surface area (Å²) in [4.78, 5) is 0. The summed E-state index contributed by atoms with van der Waals surface area (Å²) >= 11 is 0. The summed E-state index contributed by atoms with van der Waals surface area (Å²) in [5.74, 6) is 0. The molecule has 0 fully saturated rings. The Morgan fingerprint density at radius 1 is 1.00 bits per heavy atom. The molecular formula is C13H13F6N. The van der Waals surface area contributed by atoms with Crippen molar-refractivity contribution in [2.75, 3.05) is 6.54 Å². The summed E-state index contributed by atoms with van der Waals surface area (Å²) in [6.45, 7) is 1.80. The van der Waals surface area contributed by atoms with Gasteiger partial charge in [-0.2, -0.15) is 26.3 Å². The van der Waals surface area contributed by atoms with Gasteiger partial charge in [-0.15, -0.1) is 0 Å². The minimum atomic E-state index is -4.83. The van der Waals surface area contributed by atoms with E-state index in [-0.39, 0.29) is 18.2 Å². The van der Waals surface area contributed by atoms with Crippen LogP contribution in [0.5, 0.6) is 0 Å². The first-order valence-electron chi connectivity index (χ1n) is 5.77. The van der Waals surface area contributed by atoms with Gasteiger partial charge in [-0.05, 0) is 30.2 Å². The van der Waals surface area contributed by atoms with Crippen molar-refractivity contribution >= 4 is 6.08 Å². The number of nitrogens with two attached hydrogens (primary N) is 1. The van der Waals surface area contributed by atoms with E-state index in [9.17, 15) is 26.3 Å². The van der Waals surface area contributed by atoms with E-state index in [1.54, 1.807) is 6.92 Å². The van der Waals surface area contributed by atoms with Crippen LogP contribution >= 0.6 is 0 Å². The highest BCUT2D eigenvalue weighted by molar-refractivity contribution is 5.56. The van der Waals surface area contributed by atoms with Gasteiger partial charge in [0.05, 0.1) is 11.1 Å². The second-order valence-corrected chi connectivity index (χ2v) is 4.20. The fourth-order valence-electron chi connectivity index (χ4n) is 1.60. The first-order chi connectivity index (χ1) is 9.07. The van der Waals surface area contributed by atoms with Gasteiger partial charge in [0.2, 0.25) is 0 Å². The standard InChI is InChI=1S/C13H13F6N/c1-2-8(7-20)3-9-4-10(12(14,15)16)6-11(5-9)13(17,18)19/h3-6H,2,7,20H2,1H3. The van der Waals surface area contributed by atoms with Gasteiger partial charge in [0, 0.05) is 6.54 Å². The normalized spacial score (nSPS) is 13.7. The summed E-state index contributed by atoms with van der Waals surface area (Å²) in [5, 5.41) is 0. The van der Waals surface area contributed by atoms with Crippen LogP contribution in [0.1, 0.15) is 30.0 Å². The Morgan fingerprint density at radius 2 is 1.45 bits per heavy atom. The summed E-state index contributed by atoms with van der Waals surface area (Å²) < 4.78 is 75.7. The Kier molecular flexibility index (Phi) is 4.86. The van der Waals surface area contributed by atoms with Crippen molar-refractivity contribution in [1.82, 2.24) is 0 Å². The molecule has 0 aliphatic rings. The summed E-state index contributed by atoms with van der Waals surface area (Å²) in [6.07, 6.45) is -7.96. The Labute approximate surface area is 112 Å². The van der Waals surface area contributed by atoms with Gasteiger partial charge in [0.15, 0.2) is 0 Å². The molecule has 0 bridgehead atoms. The Hall–Kier alpha value is -1.50. The van der Waals surface area contributed by atoms with Crippen molar-refractivity contribution in [2.24, 2.45) is 5.73 Å². The zero-order valence-corrected chi connectivity index (χ0v) is 10.6. The summed E-state index contributed by atoms with van der Waals surface area (Å²) in [6, 6.07) is 1.46. The fourth-order valence-corrected chi connectivity index (χ4v) is 1.60. The highest BCUT2D eigenvalue weighted by Gasteiger charge is 2.36. The number of benzene rings is 1. The van der Waals surface area contributed by atoms with Crippen LogP contribution in [0, 0.1) is 0 Å². The first-order valence-corrected chi connectivity index (χ1v) is 5.77. The van der Waals surface area contributed by atoms with Gasteiger partial charge in [-0.25, -0.2) is 0 Å². The summed E-state index contributed by atoms with van der Waals surface area (Å²) in [7, 11) is 0. The lowest BCUT2D eigenvalue weighted by Gasteiger charge is -2.13. The lowest BCUT2D eigenvalue weighted by molar-refractivity contribution is -0.143. The topological polar surface area (TPSA) is 26.0 Å². The maximum absolute atomic E-state index is 12.6. The Balaban J connectivity index is 3.42. The van der Waals surface area contributed by atoms with Gasteiger partial charge < -0.3 is 5.73 Å². The van der Waals surface area contributed by atoms with E-state index in [0.29, 0.717) is 24.1 Å². The monoisotopic (exact) mass is 297 g/mol. The molecule has 20 heavy (non-hydrogen) atoms. The maximum Gasteiger partial charge on any atom is 0.416 e. The Bertz CT molecular complexity index is 460. The quantitative estimate of drug-likeness (QED) is 0.818. The van der Waals surface area contributed by atoms with Gasteiger partial charge >= 0.3 is 12.4 Å². The molecule has 1 rings (SSSR count). The average Bonchev–Trinajstić information content (AvgIpc) is 2.33. The molecule has 0 unspecified atom stereocenters. The molecule has 0 aliphatic carbocycles. The third kappa shape index (κ3) is 4.26. The van der Waals surface area contributed by atoms with Crippen LogP contribution in [0.15, 0.2) is 23.8 Å². The van der Waals surface area contributed by atoms with Crippen molar-refractivity contribution in [3.8, 4) is 0 Å². The molecule has 7 heteroatoms. The molecule has 1 nitrogen and oxygen atoms in total. The molecule has 1 aromatic rings. The molecule has 0 amide bonds. The third-order valence-electron chi connectivity index (χ3n) is 2.70. The molecule has 0 saturated heterocycles. The highest BCUT2D eigenvalue weighted by Crippen LogP contribution is 2.36. The van der Waals surface area contributed by atoms with Crippen LogP contribution in [0.3, 0.4) is 0 Å². The van der Waals surface area contributed by atoms with Crippen LogP contribution in [0.2, 0.25) is 0 Å². The van der Waals surface area contributed by atoms with Gasteiger partial charge in [0.25, 0.3) is 0 Å². The van der Waals surface area contributed by atoms with Crippen molar-refractivity contribution in [1.29, 1.82) is 0 Å². The minimum absolute atomic E-state index is 0.0775. The molecule has 1 aromatic carbocycles. The lowest BCUT2D eigenvalue weighted by Crippen LogP contribution is -2.11. The van der Waals surface area contributed by atoms with Crippen LogP contribution < -0.4 is 5.73 Å². The van der Waals surface area contributed by atoms with Crippen LogP contribution in [-0.4, -0.2) is 6.54 Å². The van der Waals surface area contributed by atoms with E-state index in [4.69, 9.17) is 5.73 Å². The van der Waals surface area contributed by atoms with Crippen molar-refractivity contribution in [3.05, 3.63) is 40.5 Å². The van der Waals surface area contributed by atoms with E-state index in [1.807, 2.05) is 0 Å². The number of hydrogen-bond donors (Lipinski definition) is 1. The van der Waals surface area contributed by atoms with Crippen LogP contribution in [-0.2, 0) is 12.4 Å². The first kappa shape index (κ1) is 16.6. The number of alkyl halides is 6. The molecule has 0 spiro atoms. The van der Waals surface area contributed by atoms with E-state index in [1.165, 1.54) is 6.08 Å². The van der Waals surface area contributed by atoms with Gasteiger partial charge in [-0.1, -0.05) is 18.6 Å². The predicted octanol–water partition coefficient (Wildman–Crippen LogP) is 4.48. The van der Waals surface area contributed by atoms with Crippen molar-refractivity contribution < 1.29 is 26.3 Å². The average molecular weight is 297 g/mol. The molecule has 2 N–H and O–H groups in total. The second-order valence-electron chi connectivity index (χ2n) is 4.20. The second kappa shape index (κ2) is 5.87. The van der Waals surface area contributed by atoms with E-state index >= 15 is 0 Å². The van der Waals surface area contributed by atoms with Gasteiger partial charge in [-0.3, -0.25) is 0 Å². The van der Waals surface area contributed by atoms with E-state index < -0.39 is 23.5 Å². The van der Waals surface area contributed by atoms with E-state index in [2.05, 4.69) is 0 Å². The number of halogens is 6. The fraction of sp³-hybridized carbons (Fsp3) is 0.385. The molecular weight excluding hydrogens is 284 g/mol. The molecule has 0 saturated carbocycles. The van der Waals surface area contributed by atoms with E-state index in [0.717, 1.165) is 0 Å². The lowest BCUT2D eigenvalue weighted by atomic mass is 10.0. The van der Waals surface area contributed by atoms with Crippen LogP contribution in [0.25, 0.3) is 6.08 Å². The molecule has 0 heterocycles. The molecule has 0 aromatic heterocycles. The molecule has 0 aliphatic heterocycles. The smallest absolute Gasteiger partial charge is 0.327 e. The highest BCUT2D eigenvalue weighted by atomic mass is 19.4. The number of hydrogen-bond acceptors (Lipinski definition) is 1. The Morgan fingerprint density at radius 3 is 1.75 bits per heavy atom. The third-order valence-corrected chi connectivity index (χ3v) is 2.70. The van der Waals surface area contributed by atoms with Crippen molar-refractivity contribution in [3.63, 3.8) is 0 Å². The van der Waals surface area contributed by atoms with Crippen LogP contribution in [0.4, 0.5) is 26.3 Å². The maximum atomic E-state index is 12.6. The van der Waals surface area contributed by atoms with Crippen molar-refractivity contribution in [2.45, 2.75) is 25.7 Å². The zero-order chi connectivity index (χ0) is 15.6. The largest absolute Gasteiger partial charge is 0.416 e. The predicted molar refractivity (Wildman–Crippen MR) is 63.8 cm³/mol. The molecule has 0 atom stereocenters. The minimum Gasteiger partial charge on any atom is -0.327 e. The van der Waals surface area contributed by atoms with Gasteiger partial charge in [0.1, 0.15) is 0 Å². The SMILES string of the molecule is CCC(=Cc1cc(C(F)(F)F)cc(C(F)(F)F)c1)CN. The molecule has 0 radical (unpaired) electrons. The number of rotatable bonds is 3. The summed E-state index contributed by atoms with van der Waals surface area (Å²) in [5.41, 5.74) is 3.12. The molecule has 112 valence electrons.